The van der Waals surface area contributed by atoms with Crippen molar-refractivity contribution in [2.45, 2.75) is 6.54 Å². The van der Waals surface area contributed by atoms with Crippen molar-refractivity contribution in [3.63, 3.8) is 0 Å². The molecule has 1 aromatic carbocycles. The van der Waals surface area contributed by atoms with Crippen LogP contribution >= 0.6 is 11.3 Å². The van der Waals surface area contributed by atoms with Crippen LogP contribution < -0.4 is 5.32 Å². The SMILES string of the molecule is COCCOCC(=O)Nc1nnc(CN2C(=O)c3ccccc3C2=O)s1. The van der Waals surface area contributed by atoms with Gasteiger partial charge >= 0.3 is 0 Å². The van der Waals surface area contributed by atoms with Crippen LogP contribution in [-0.2, 0) is 20.8 Å². The molecule has 0 unspecified atom stereocenters. The molecule has 0 radical (unpaired) electrons. The molecule has 26 heavy (non-hydrogen) atoms. The van der Waals surface area contributed by atoms with Crippen LogP contribution in [-0.4, -0.2) is 59.7 Å². The van der Waals surface area contributed by atoms with Crippen molar-refractivity contribution < 1.29 is 23.9 Å². The second kappa shape index (κ2) is 8.13. The van der Waals surface area contributed by atoms with Crippen LogP contribution in [0.3, 0.4) is 0 Å². The third kappa shape index (κ3) is 3.93. The first-order chi connectivity index (χ1) is 12.6. The van der Waals surface area contributed by atoms with Gasteiger partial charge in [-0.1, -0.05) is 23.5 Å². The van der Waals surface area contributed by atoms with Gasteiger partial charge in [0.2, 0.25) is 5.13 Å². The molecule has 1 aliphatic rings. The van der Waals surface area contributed by atoms with Gasteiger partial charge in [0.1, 0.15) is 11.6 Å². The fourth-order valence-corrected chi connectivity index (χ4v) is 3.09. The largest absolute Gasteiger partial charge is 0.382 e. The smallest absolute Gasteiger partial charge is 0.261 e. The lowest BCUT2D eigenvalue weighted by atomic mass is 10.1. The normalized spacial score (nSPS) is 13.2. The molecule has 2 aromatic rings. The number of nitrogens with one attached hydrogen (secondary N) is 1. The Hall–Kier alpha value is -2.69. The molecule has 0 saturated carbocycles. The minimum absolute atomic E-state index is 0.00419. The van der Waals surface area contributed by atoms with Crippen molar-refractivity contribution >= 4 is 34.2 Å². The van der Waals surface area contributed by atoms with Gasteiger partial charge in [-0.15, -0.1) is 10.2 Å². The van der Waals surface area contributed by atoms with Gasteiger partial charge in [0.15, 0.2) is 0 Å². The lowest BCUT2D eigenvalue weighted by Gasteiger charge is -2.10. The Balaban J connectivity index is 1.57. The summed E-state index contributed by atoms with van der Waals surface area (Å²) < 4.78 is 9.92. The molecule has 0 saturated heterocycles. The fourth-order valence-electron chi connectivity index (χ4n) is 2.35. The number of methoxy groups -OCH3 is 1. The summed E-state index contributed by atoms with van der Waals surface area (Å²) in [6.07, 6.45) is 0. The Kier molecular flexibility index (Phi) is 5.66. The predicted molar refractivity (Wildman–Crippen MR) is 91.9 cm³/mol. The Labute approximate surface area is 152 Å². The highest BCUT2D eigenvalue weighted by Crippen LogP contribution is 2.25. The Morgan fingerprint density at radius 2 is 1.85 bits per heavy atom. The Bertz CT molecular complexity index is 803. The molecule has 9 nitrogen and oxygen atoms in total. The van der Waals surface area contributed by atoms with Crippen molar-refractivity contribution in [1.82, 2.24) is 15.1 Å². The molecule has 0 spiro atoms. The number of hydrogen-bond acceptors (Lipinski definition) is 8. The standard InChI is InChI=1S/C16H16N4O5S/c1-24-6-7-25-9-12(21)17-16-19-18-13(26-16)8-20-14(22)10-4-2-3-5-11(10)15(20)23/h2-5H,6-9H2,1H3,(H,17,19,21). The number of anilines is 1. The van der Waals surface area contributed by atoms with Crippen molar-refractivity contribution in [3.8, 4) is 0 Å². The average molecular weight is 376 g/mol. The second-order valence-corrected chi connectivity index (χ2v) is 6.40. The van der Waals surface area contributed by atoms with Gasteiger partial charge in [-0.05, 0) is 12.1 Å². The molecule has 1 aromatic heterocycles. The van der Waals surface area contributed by atoms with Crippen LogP contribution in [0.5, 0.6) is 0 Å². The van der Waals surface area contributed by atoms with E-state index in [2.05, 4.69) is 15.5 Å². The number of nitrogens with zero attached hydrogens (tertiary/aromatic N) is 3. The summed E-state index contributed by atoms with van der Waals surface area (Å²) in [6.45, 7) is 0.586. The Morgan fingerprint density at radius 3 is 2.50 bits per heavy atom. The van der Waals surface area contributed by atoms with Crippen LogP contribution in [0.2, 0.25) is 0 Å². The first-order valence-corrected chi connectivity index (χ1v) is 8.56. The van der Waals surface area contributed by atoms with E-state index in [1.807, 2.05) is 0 Å². The summed E-state index contributed by atoms with van der Waals surface area (Å²) in [4.78, 5) is 37.5. The predicted octanol–water partition coefficient (Wildman–Crippen LogP) is 0.936. The number of carbonyl (C=O) groups is 3. The van der Waals surface area contributed by atoms with Crippen molar-refractivity contribution in [2.24, 2.45) is 0 Å². The minimum Gasteiger partial charge on any atom is -0.382 e. The molecular formula is C16H16N4O5S. The summed E-state index contributed by atoms with van der Waals surface area (Å²) >= 11 is 1.09. The Morgan fingerprint density at radius 1 is 1.15 bits per heavy atom. The fraction of sp³-hybridized carbons (Fsp3) is 0.312. The highest BCUT2D eigenvalue weighted by Gasteiger charge is 2.35. The van der Waals surface area contributed by atoms with Crippen molar-refractivity contribution in [3.05, 3.63) is 40.4 Å². The van der Waals surface area contributed by atoms with Crippen LogP contribution in [0.25, 0.3) is 0 Å². The van der Waals surface area contributed by atoms with Gasteiger partial charge in [-0.25, -0.2) is 0 Å². The van der Waals surface area contributed by atoms with Crippen molar-refractivity contribution in [2.75, 3.05) is 32.2 Å². The van der Waals surface area contributed by atoms with Crippen LogP contribution in [0, 0.1) is 0 Å². The van der Waals surface area contributed by atoms with Gasteiger partial charge in [0.05, 0.1) is 30.9 Å². The zero-order valence-corrected chi connectivity index (χ0v) is 14.7. The molecule has 0 fully saturated rings. The van der Waals surface area contributed by atoms with Crippen LogP contribution in [0.4, 0.5) is 5.13 Å². The molecule has 0 bridgehead atoms. The lowest BCUT2D eigenvalue weighted by molar-refractivity contribution is -0.121. The first-order valence-electron chi connectivity index (χ1n) is 7.74. The molecule has 2 heterocycles. The molecule has 0 atom stereocenters. The topological polar surface area (TPSA) is 111 Å². The molecule has 10 heteroatoms. The first kappa shape index (κ1) is 18.1. The number of benzene rings is 1. The number of carbonyl (C=O) groups excluding carboxylic acids is 3. The van der Waals surface area contributed by atoms with Gasteiger partial charge in [0.25, 0.3) is 17.7 Å². The number of ether oxygens (including phenoxy) is 2. The number of hydrogen-bond donors (Lipinski definition) is 1. The highest BCUT2D eigenvalue weighted by molar-refractivity contribution is 7.15. The van der Waals surface area contributed by atoms with E-state index in [1.54, 1.807) is 31.4 Å². The lowest BCUT2D eigenvalue weighted by Crippen LogP contribution is -2.29. The molecule has 0 aliphatic carbocycles. The summed E-state index contributed by atoms with van der Waals surface area (Å²) in [6, 6.07) is 6.65. The van der Waals surface area contributed by atoms with Crippen LogP contribution in [0.1, 0.15) is 25.7 Å². The second-order valence-electron chi connectivity index (χ2n) is 5.34. The summed E-state index contributed by atoms with van der Waals surface area (Å²) in [5.41, 5.74) is 0.757. The van der Waals surface area contributed by atoms with E-state index in [-0.39, 0.29) is 36.0 Å². The number of amides is 3. The quantitative estimate of drug-likeness (QED) is 0.539. The van der Waals surface area contributed by atoms with Crippen molar-refractivity contribution in [1.29, 1.82) is 0 Å². The zero-order valence-electron chi connectivity index (χ0n) is 13.9. The summed E-state index contributed by atoms with van der Waals surface area (Å²) in [5, 5.41) is 11.0. The van der Waals surface area contributed by atoms with E-state index in [9.17, 15) is 14.4 Å². The molecule has 136 valence electrons. The maximum Gasteiger partial charge on any atom is 0.261 e. The molecule has 1 aliphatic heterocycles. The van der Waals surface area contributed by atoms with E-state index in [0.29, 0.717) is 29.3 Å². The zero-order chi connectivity index (χ0) is 18.5. The third-order valence-electron chi connectivity index (χ3n) is 3.55. The molecule has 3 rings (SSSR count). The molecular weight excluding hydrogens is 360 g/mol. The maximum atomic E-state index is 12.3. The number of rotatable bonds is 8. The van der Waals surface area contributed by atoms with E-state index < -0.39 is 0 Å². The van der Waals surface area contributed by atoms with Gasteiger partial charge < -0.3 is 9.47 Å². The van der Waals surface area contributed by atoms with Crippen LogP contribution in [0.15, 0.2) is 24.3 Å². The summed E-state index contributed by atoms with van der Waals surface area (Å²) in [7, 11) is 1.54. The van der Waals surface area contributed by atoms with E-state index in [0.717, 1.165) is 16.2 Å². The number of aromatic nitrogens is 2. The number of fused-ring (bicyclic) bond motifs is 1. The third-order valence-corrected chi connectivity index (χ3v) is 4.37. The summed E-state index contributed by atoms with van der Waals surface area (Å²) in [5.74, 6) is -1.10. The molecule has 3 amide bonds. The minimum atomic E-state index is -0.371. The maximum absolute atomic E-state index is 12.3. The monoisotopic (exact) mass is 376 g/mol. The number of imide groups is 1. The van der Waals surface area contributed by atoms with E-state index >= 15 is 0 Å². The van der Waals surface area contributed by atoms with Gasteiger partial charge in [-0.2, -0.15) is 0 Å². The van der Waals surface area contributed by atoms with E-state index in [4.69, 9.17) is 9.47 Å². The van der Waals surface area contributed by atoms with E-state index in [1.165, 1.54) is 0 Å². The van der Waals surface area contributed by atoms with Gasteiger partial charge in [-0.3, -0.25) is 24.6 Å². The molecule has 1 N–H and O–H groups in total. The highest BCUT2D eigenvalue weighted by atomic mass is 32.1. The van der Waals surface area contributed by atoms with Gasteiger partial charge in [0, 0.05) is 7.11 Å². The average Bonchev–Trinajstić information content (AvgIpc) is 3.17.